The van der Waals surface area contributed by atoms with Gasteiger partial charge in [-0.2, -0.15) is 0 Å². The van der Waals surface area contributed by atoms with E-state index in [0.717, 1.165) is 0 Å². The molecule has 0 atom stereocenters. The van der Waals surface area contributed by atoms with Gasteiger partial charge in [0.25, 0.3) is 0 Å². The Kier molecular flexibility index (Phi) is 20.9. The average Bonchev–Trinajstić information content (AvgIpc) is 3.34. The SMILES string of the molecule is C=O.[H-].[H-].[H-].[Rh+3].c1cc[c]([Sb]([c]2ccccc2)[c]2ccccc2)cc1.c1cc[c]([Sb]([c]2ccccc2)[c]2ccccc2)cc1.c1cc[c]([Sb]([c]2ccccc2)[c]2ccccc2)cc1. The first-order valence-corrected chi connectivity index (χ1v) is 31.0. The third-order valence-electron chi connectivity index (χ3n) is 9.13. The van der Waals surface area contributed by atoms with Gasteiger partial charge in [-0.1, -0.05) is 0 Å². The van der Waals surface area contributed by atoms with E-state index in [1.54, 1.807) is 0 Å². The second-order valence-electron chi connectivity index (χ2n) is 13.0. The fourth-order valence-electron chi connectivity index (χ4n) is 6.54. The van der Waals surface area contributed by atoms with Gasteiger partial charge in [-0.15, -0.1) is 0 Å². The van der Waals surface area contributed by atoms with Crippen LogP contribution in [0.15, 0.2) is 273 Å². The first-order valence-electron chi connectivity index (χ1n) is 19.5. The Labute approximate surface area is 396 Å². The van der Waals surface area contributed by atoms with Crippen molar-refractivity contribution in [1.29, 1.82) is 0 Å². The summed E-state index contributed by atoms with van der Waals surface area (Å²) >= 11 is -5.48. The molecule has 0 unspecified atom stereocenters. The molecular formula is C55H50ORhSb3. The third-order valence-corrected chi connectivity index (χ3v) is 30.1. The number of carbonyl (C=O) groups excluding carboxylic acids is 1. The van der Waals surface area contributed by atoms with Gasteiger partial charge in [-0.3, -0.25) is 0 Å². The predicted molar refractivity (Wildman–Crippen MR) is 262 cm³/mol. The van der Waals surface area contributed by atoms with Crippen molar-refractivity contribution < 1.29 is 28.6 Å². The van der Waals surface area contributed by atoms with Gasteiger partial charge in [0.05, 0.1) is 0 Å². The number of hydrogen-bond donors (Lipinski definition) is 0. The molecule has 0 aromatic heterocycles. The maximum atomic E-state index is 8.00. The van der Waals surface area contributed by atoms with Gasteiger partial charge in [0.15, 0.2) is 0 Å². The van der Waals surface area contributed by atoms with E-state index in [-0.39, 0.29) is 23.8 Å². The molecule has 9 aromatic rings. The summed E-state index contributed by atoms with van der Waals surface area (Å²) in [5, 5.41) is 0. The van der Waals surface area contributed by atoms with Crippen LogP contribution in [0.5, 0.6) is 0 Å². The van der Waals surface area contributed by atoms with Gasteiger partial charge in [0.1, 0.15) is 6.79 Å². The Hall–Kier alpha value is -4.27. The minimum absolute atomic E-state index is 0. The summed E-state index contributed by atoms with van der Waals surface area (Å²) in [6, 6.07) is 98.6. The Morgan fingerprint density at radius 3 is 0.367 bits per heavy atom. The molecular weight excluding hydrogens is 1140 g/mol. The van der Waals surface area contributed by atoms with Crippen LogP contribution in [0.4, 0.5) is 0 Å². The van der Waals surface area contributed by atoms with E-state index in [1.807, 2.05) is 6.79 Å². The summed E-state index contributed by atoms with van der Waals surface area (Å²) in [6.45, 7) is 2.00. The van der Waals surface area contributed by atoms with E-state index >= 15 is 0 Å². The van der Waals surface area contributed by atoms with Gasteiger partial charge in [-0.25, -0.2) is 0 Å². The molecule has 0 aliphatic carbocycles. The van der Waals surface area contributed by atoms with Crippen molar-refractivity contribution in [3.8, 4) is 0 Å². The number of carbonyl (C=O) groups is 1. The first-order chi connectivity index (χ1) is 29.3. The molecule has 0 N–H and O–H groups in total. The summed E-state index contributed by atoms with van der Waals surface area (Å²) in [5.74, 6) is 0. The second kappa shape index (κ2) is 26.8. The van der Waals surface area contributed by atoms with Crippen LogP contribution >= 0.6 is 0 Å². The summed E-state index contributed by atoms with van der Waals surface area (Å²) < 4.78 is 13.6. The predicted octanol–water partition coefficient (Wildman–Crippen LogP) is 6.76. The van der Waals surface area contributed by atoms with Gasteiger partial charge in [-0.05, 0) is 0 Å². The molecule has 0 aliphatic rings. The van der Waals surface area contributed by atoms with E-state index < -0.39 is 60.6 Å². The monoisotopic (exact) mass is 1190 g/mol. The zero-order valence-electron chi connectivity index (χ0n) is 36.3. The maximum absolute atomic E-state index is 8.00. The molecule has 1 nitrogen and oxygen atoms in total. The van der Waals surface area contributed by atoms with Crippen LogP contribution in [0.2, 0.25) is 0 Å². The molecule has 5 heteroatoms. The summed E-state index contributed by atoms with van der Waals surface area (Å²) in [4.78, 5) is 8.00. The number of benzene rings is 9. The van der Waals surface area contributed by atoms with E-state index in [2.05, 4.69) is 273 Å². The third kappa shape index (κ3) is 13.9. The molecule has 0 bridgehead atoms. The van der Waals surface area contributed by atoms with E-state index in [4.69, 9.17) is 4.79 Å². The molecule has 0 aliphatic heterocycles. The average molecular weight is 1200 g/mol. The molecule has 0 spiro atoms. The standard InChI is InChI=1S/9C6H5.CH2O.Rh.3Sb.3H/c9*1-2-4-6-5-3-1;1-2;;;;;;;/h9*1-5H;1H2;;;;;;;/q;;;;;;;;;;+3;;;;3*-1. The van der Waals surface area contributed by atoms with Crippen molar-refractivity contribution in [1.82, 2.24) is 0 Å². The Morgan fingerprint density at radius 1 is 0.200 bits per heavy atom. The summed E-state index contributed by atoms with van der Waals surface area (Å²) in [7, 11) is 0. The van der Waals surface area contributed by atoms with Crippen LogP contribution in [-0.2, 0) is 24.3 Å². The Balaban J connectivity index is 0.000000309. The second-order valence-corrected chi connectivity index (χ2v) is 32.0. The zero-order chi connectivity index (χ0) is 40.7. The van der Waals surface area contributed by atoms with Crippen LogP contribution < -0.4 is 31.6 Å². The van der Waals surface area contributed by atoms with Crippen molar-refractivity contribution in [2.24, 2.45) is 0 Å². The molecule has 0 heterocycles. The van der Waals surface area contributed by atoms with Gasteiger partial charge >= 0.3 is 385 Å². The zero-order valence-corrected chi connectivity index (χ0v) is 42.6. The minimum atomic E-state index is -1.83. The van der Waals surface area contributed by atoms with Gasteiger partial charge in [0, 0.05) is 0 Å². The van der Waals surface area contributed by atoms with Crippen molar-refractivity contribution in [2.45, 2.75) is 0 Å². The molecule has 0 saturated heterocycles. The topological polar surface area (TPSA) is 17.1 Å². The molecule has 9 aromatic carbocycles. The van der Waals surface area contributed by atoms with Gasteiger partial charge in [0.2, 0.25) is 0 Å². The van der Waals surface area contributed by atoms with Crippen molar-refractivity contribution in [3.63, 3.8) is 0 Å². The van der Waals surface area contributed by atoms with E-state index in [0.29, 0.717) is 0 Å². The van der Waals surface area contributed by atoms with Crippen LogP contribution in [0.25, 0.3) is 0 Å². The Morgan fingerprint density at radius 2 is 0.283 bits per heavy atom. The number of hydrogen-bond acceptors (Lipinski definition) is 1. The summed E-state index contributed by atoms with van der Waals surface area (Å²) in [5.41, 5.74) is 0. The number of rotatable bonds is 9. The Bertz CT molecular complexity index is 1900. The molecule has 9 rings (SSSR count). The van der Waals surface area contributed by atoms with E-state index in [1.165, 1.54) is 31.6 Å². The first kappa shape index (κ1) is 46.8. The fraction of sp³-hybridized carbons (Fsp3) is 0. The van der Waals surface area contributed by atoms with Crippen LogP contribution in [0, 0.1) is 0 Å². The normalized spacial score (nSPS) is 10.1. The molecule has 300 valence electrons. The van der Waals surface area contributed by atoms with Crippen molar-refractivity contribution in [3.05, 3.63) is 273 Å². The summed E-state index contributed by atoms with van der Waals surface area (Å²) in [6.07, 6.45) is 0. The molecule has 0 fully saturated rings. The van der Waals surface area contributed by atoms with E-state index in [9.17, 15) is 0 Å². The molecule has 0 saturated carbocycles. The van der Waals surface area contributed by atoms with Crippen LogP contribution in [-0.4, -0.2) is 67.4 Å². The molecule has 0 radical (unpaired) electrons. The molecule has 0 amide bonds. The van der Waals surface area contributed by atoms with Gasteiger partial charge < -0.3 is 9.07 Å². The quantitative estimate of drug-likeness (QED) is 0.146. The molecule has 60 heavy (non-hydrogen) atoms. The van der Waals surface area contributed by atoms with Crippen molar-refractivity contribution >= 4 is 99.0 Å². The van der Waals surface area contributed by atoms with Crippen LogP contribution in [0.3, 0.4) is 0 Å². The fourth-order valence-corrected chi connectivity index (χ4v) is 26.3. The van der Waals surface area contributed by atoms with Crippen molar-refractivity contribution in [2.75, 3.05) is 0 Å². The van der Waals surface area contributed by atoms with Crippen LogP contribution in [0.1, 0.15) is 4.28 Å².